The van der Waals surface area contributed by atoms with E-state index in [1.807, 2.05) is 0 Å². The zero-order chi connectivity index (χ0) is 9.72. The van der Waals surface area contributed by atoms with Gasteiger partial charge in [0.15, 0.2) is 0 Å². The smallest absolute Gasteiger partial charge is 1.00 e. The van der Waals surface area contributed by atoms with E-state index in [0.29, 0.717) is 0 Å². The van der Waals surface area contributed by atoms with Crippen LogP contribution in [0.4, 0.5) is 0 Å². The van der Waals surface area contributed by atoms with Gasteiger partial charge in [-0.25, -0.2) is 5.06 Å². The van der Waals surface area contributed by atoms with Crippen LogP contribution in [0.5, 0.6) is 0 Å². The van der Waals surface area contributed by atoms with Gasteiger partial charge in [-0.2, -0.15) is 0 Å². The van der Waals surface area contributed by atoms with Crippen molar-refractivity contribution in [2.45, 2.75) is 25.2 Å². The molecule has 0 bridgehead atoms. The Bertz CT molecular complexity index is 150. The van der Waals surface area contributed by atoms with E-state index >= 15 is 0 Å². The van der Waals surface area contributed by atoms with Gasteiger partial charge in [-0.1, -0.05) is 0 Å². The number of aliphatic hydroxyl groups is 3. The molecule has 0 saturated carbocycles. The molecule has 0 rings (SSSR count). The van der Waals surface area contributed by atoms with Crippen molar-refractivity contribution in [1.29, 1.82) is 0 Å². The number of nitrogens with zero attached hydrogens (tertiary/aromatic N) is 1. The molecule has 0 aromatic heterocycles. The molecule has 7 heteroatoms. The molecule has 0 aliphatic carbocycles. The molecule has 0 aromatic rings. The fourth-order valence-electron chi connectivity index (χ4n) is 0.664. The normalized spacial score (nSPS) is 16.7. The number of rotatable bonds is 5. The summed E-state index contributed by atoms with van der Waals surface area (Å²) in [7, 11) is 0. The second-order valence-corrected chi connectivity index (χ2v) is 2.53. The average Bonchev–Trinajstić information content (AvgIpc) is 2.02. The van der Waals surface area contributed by atoms with Crippen LogP contribution in [-0.2, 0) is 4.79 Å². The standard InChI is InChI=1S/C6H13NO5.Na.H/c1-4(9)6(11)5(10)2-7(12)3-8;;/h3-6,9-12H,2H2,1H3;;/q;+1;-1/t4-,5+,6-;;/m1../s1. The van der Waals surface area contributed by atoms with Crippen molar-refractivity contribution in [3.63, 3.8) is 0 Å². The number of amides is 1. The number of carbonyl (C=O) groups excluding carboxylic acids is 1. The monoisotopic (exact) mass is 203 g/mol. The molecule has 3 atom stereocenters. The summed E-state index contributed by atoms with van der Waals surface area (Å²) in [6, 6.07) is 0. The molecule has 13 heavy (non-hydrogen) atoms. The Kier molecular flexibility index (Phi) is 9.33. The topological polar surface area (TPSA) is 101 Å². The Labute approximate surface area is 99.5 Å². The molecule has 0 heterocycles. The van der Waals surface area contributed by atoms with Crippen LogP contribution in [0.2, 0.25) is 0 Å². The van der Waals surface area contributed by atoms with Gasteiger partial charge < -0.3 is 16.7 Å². The van der Waals surface area contributed by atoms with Crippen molar-refractivity contribution >= 4 is 6.41 Å². The van der Waals surface area contributed by atoms with E-state index in [0.717, 1.165) is 0 Å². The molecule has 6 nitrogen and oxygen atoms in total. The third-order valence-electron chi connectivity index (χ3n) is 1.38. The maximum atomic E-state index is 9.85. The van der Waals surface area contributed by atoms with Crippen LogP contribution < -0.4 is 29.6 Å². The predicted molar refractivity (Wildman–Crippen MR) is 39.4 cm³/mol. The van der Waals surface area contributed by atoms with Crippen molar-refractivity contribution < 1.29 is 56.3 Å². The molecule has 0 fully saturated rings. The van der Waals surface area contributed by atoms with Crippen LogP contribution in [0.1, 0.15) is 8.35 Å². The third kappa shape index (κ3) is 6.39. The number of aliphatic hydroxyl groups excluding tert-OH is 3. The minimum atomic E-state index is -1.38. The molecule has 4 N–H and O–H groups in total. The van der Waals surface area contributed by atoms with E-state index in [2.05, 4.69) is 0 Å². The van der Waals surface area contributed by atoms with E-state index in [1.54, 1.807) is 0 Å². The molecule has 0 spiro atoms. The van der Waals surface area contributed by atoms with Crippen LogP contribution in [0.3, 0.4) is 0 Å². The number of carbonyl (C=O) groups is 1. The molecular formula is C6H14NNaO5. The summed E-state index contributed by atoms with van der Waals surface area (Å²) >= 11 is 0. The summed E-state index contributed by atoms with van der Waals surface area (Å²) < 4.78 is 0. The van der Waals surface area contributed by atoms with E-state index in [-0.39, 0.29) is 42.5 Å². The molecule has 74 valence electrons. The van der Waals surface area contributed by atoms with Crippen LogP contribution in [0.25, 0.3) is 0 Å². The van der Waals surface area contributed by atoms with Crippen molar-refractivity contribution in [2.75, 3.05) is 6.54 Å². The van der Waals surface area contributed by atoms with Gasteiger partial charge in [-0.3, -0.25) is 10.0 Å². The summed E-state index contributed by atoms with van der Waals surface area (Å²) in [5.41, 5.74) is 0. The minimum absolute atomic E-state index is 0. The Morgan fingerprint density at radius 1 is 1.46 bits per heavy atom. The summed E-state index contributed by atoms with van der Waals surface area (Å²) in [5.74, 6) is 0. The summed E-state index contributed by atoms with van der Waals surface area (Å²) in [6.45, 7) is 0.853. The molecule has 1 amide bonds. The van der Waals surface area contributed by atoms with Crippen LogP contribution in [0.15, 0.2) is 0 Å². The van der Waals surface area contributed by atoms with E-state index in [1.165, 1.54) is 6.92 Å². The second kappa shape index (κ2) is 7.69. The van der Waals surface area contributed by atoms with Gasteiger partial charge in [-0.15, -0.1) is 0 Å². The molecule has 0 unspecified atom stereocenters. The van der Waals surface area contributed by atoms with E-state index in [9.17, 15) is 4.79 Å². The molecule has 0 aromatic carbocycles. The Hall–Kier alpha value is 0.310. The van der Waals surface area contributed by atoms with Crippen molar-refractivity contribution in [1.82, 2.24) is 5.06 Å². The summed E-state index contributed by atoms with van der Waals surface area (Å²) in [5, 5.41) is 35.5. The SMILES string of the molecule is C[C@@H](O)[C@@H](O)[C@@H](O)CN(O)C=O.[H-].[Na+]. The summed E-state index contributed by atoms with van der Waals surface area (Å²) in [4.78, 5) is 9.85. The van der Waals surface area contributed by atoms with Crippen LogP contribution in [0, 0.1) is 0 Å². The molecule has 0 radical (unpaired) electrons. The van der Waals surface area contributed by atoms with Gasteiger partial charge in [0.05, 0.1) is 12.6 Å². The van der Waals surface area contributed by atoms with Gasteiger partial charge in [0.1, 0.15) is 12.2 Å². The average molecular weight is 203 g/mol. The first-order valence-electron chi connectivity index (χ1n) is 3.44. The molecular weight excluding hydrogens is 189 g/mol. The quantitative estimate of drug-likeness (QED) is 0.155. The van der Waals surface area contributed by atoms with Crippen LogP contribution in [-0.4, -0.2) is 56.9 Å². The van der Waals surface area contributed by atoms with Crippen molar-refractivity contribution in [2.24, 2.45) is 0 Å². The number of hydrogen-bond donors (Lipinski definition) is 4. The van der Waals surface area contributed by atoms with E-state index in [4.69, 9.17) is 20.5 Å². The first kappa shape index (κ1) is 15.8. The fraction of sp³-hybridized carbons (Fsp3) is 0.833. The largest absolute Gasteiger partial charge is 1.00 e. The fourth-order valence-corrected chi connectivity index (χ4v) is 0.664. The zero-order valence-corrected chi connectivity index (χ0v) is 9.66. The van der Waals surface area contributed by atoms with E-state index < -0.39 is 24.9 Å². The minimum Gasteiger partial charge on any atom is -1.00 e. The first-order chi connectivity index (χ1) is 5.49. The zero-order valence-electron chi connectivity index (χ0n) is 8.66. The van der Waals surface area contributed by atoms with Gasteiger partial charge in [0, 0.05) is 0 Å². The first-order valence-corrected chi connectivity index (χ1v) is 3.44. The Morgan fingerprint density at radius 2 is 1.92 bits per heavy atom. The van der Waals surface area contributed by atoms with Crippen LogP contribution >= 0.6 is 0 Å². The third-order valence-corrected chi connectivity index (χ3v) is 1.38. The summed E-state index contributed by atoms with van der Waals surface area (Å²) in [6.07, 6.45) is -3.75. The van der Waals surface area contributed by atoms with Gasteiger partial charge in [0.2, 0.25) is 6.41 Å². The molecule has 0 saturated heterocycles. The van der Waals surface area contributed by atoms with Gasteiger partial charge in [0.25, 0.3) is 0 Å². The predicted octanol–water partition coefficient (Wildman–Crippen LogP) is -4.95. The second-order valence-electron chi connectivity index (χ2n) is 2.53. The molecule has 0 aliphatic rings. The van der Waals surface area contributed by atoms with Crippen molar-refractivity contribution in [3.8, 4) is 0 Å². The Morgan fingerprint density at radius 3 is 2.23 bits per heavy atom. The molecule has 0 aliphatic heterocycles. The van der Waals surface area contributed by atoms with Gasteiger partial charge in [-0.05, 0) is 6.92 Å². The van der Waals surface area contributed by atoms with Crippen molar-refractivity contribution in [3.05, 3.63) is 0 Å². The van der Waals surface area contributed by atoms with Gasteiger partial charge >= 0.3 is 29.6 Å². The maximum Gasteiger partial charge on any atom is 1.00 e. The number of hydroxylamine groups is 2. The Balaban J connectivity index is -0.000000605. The maximum absolute atomic E-state index is 9.85. The number of hydrogen-bond acceptors (Lipinski definition) is 5.